The lowest BCUT2D eigenvalue weighted by Crippen LogP contribution is -2.46. The van der Waals surface area contributed by atoms with Crippen LogP contribution in [0.1, 0.15) is 23.2 Å². The van der Waals surface area contributed by atoms with Crippen molar-refractivity contribution >= 4 is 5.91 Å². The number of aromatic nitrogens is 1. The Morgan fingerprint density at radius 1 is 1.16 bits per heavy atom. The fourth-order valence-corrected chi connectivity index (χ4v) is 2.27. The average molecular weight is 256 g/mol. The second kappa shape index (κ2) is 4.90. The van der Waals surface area contributed by atoms with E-state index in [0.717, 1.165) is 5.69 Å². The Bertz CT molecular complexity index is 554. The highest BCUT2D eigenvalue weighted by Gasteiger charge is 2.28. The van der Waals surface area contributed by atoms with Gasteiger partial charge in [0.1, 0.15) is 0 Å². The van der Waals surface area contributed by atoms with Crippen molar-refractivity contribution in [3.63, 3.8) is 0 Å². The molecule has 4 nitrogen and oxygen atoms in total. The van der Waals surface area contributed by atoms with E-state index in [0.29, 0.717) is 18.4 Å². The Morgan fingerprint density at radius 3 is 2.37 bits per heavy atom. The van der Waals surface area contributed by atoms with Gasteiger partial charge in [-0.2, -0.15) is 0 Å². The summed E-state index contributed by atoms with van der Waals surface area (Å²) < 4.78 is 1.99. The Balaban J connectivity index is 1.67. The third-order valence-electron chi connectivity index (χ3n) is 3.48. The van der Waals surface area contributed by atoms with E-state index in [4.69, 9.17) is 0 Å². The van der Waals surface area contributed by atoms with Gasteiger partial charge in [0, 0.05) is 29.7 Å². The molecular formula is C15H16N2O2. The summed E-state index contributed by atoms with van der Waals surface area (Å²) in [4.78, 5) is 12.0. The van der Waals surface area contributed by atoms with Crippen LogP contribution in [-0.2, 0) is 0 Å². The number of aliphatic hydroxyl groups is 1. The van der Waals surface area contributed by atoms with Gasteiger partial charge in [-0.05, 0) is 49.2 Å². The van der Waals surface area contributed by atoms with Crippen molar-refractivity contribution in [1.29, 1.82) is 0 Å². The van der Waals surface area contributed by atoms with Crippen molar-refractivity contribution in [2.45, 2.75) is 25.0 Å². The van der Waals surface area contributed by atoms with Gasteiger partial charge in [-0.1, -0.05) is 0 Å². The first-order valence-electron chi connectivity index (χ1n) is 6.45. The van der Waals surface area contributed by atoms with Crippen molar-refractivity contribution in [2.24, 2.45) is 0 Å². The quantitative estimate of drug-likeness (QED) is 0.878. The maximum atomic E-state index is 12.0. The van der Waals surface area contributed by atoms with Gasteiger partial charge in [0.25, 0.3) is 5.91 Å². The molecule has 1 aromatic heterocycles. The summed E-state index contributed by atoms with van der Waals surface area (Å²) in [5.41, 5.74) is 1.68. The molecule has 0 saturated heterocycles. The summed E-state index contributed by atoms with van der Waals surface area (Å²) in [6.45, 7) is 0. The summed E-state index contributed by atoms with van der Waals surface area (Å²) >= 11 is 0. The summed E-state index contributed by atoms with van der Waals surface area (Å²) in [6.07, 6.45) is 5.00. The lowest BCUT2D eigenvalue weighted by atomic mass is 9.89. The normalized spacial score (nSPS) is 21.7. The predicted octanol–water partition coefficient (Wildman–Crippen LogP) is 1.73. The molecule has 2 N–H and O–H groups in total. The minimum Gasteiger partial charge on any atom is -0.393 e. The van der Waals surface area contributed by atoms with Gasteiger partial charge in [0.05, 0.1) is 6.10 Å². The number of amides is 1. The second-order valence-electron chi connectivity index (χ2n) is 4.93. The topological polar surface area (TPSA) is 54.3 Å². The van der Waals surface area contributed by atoms with Crippen LogP contribution in [0.15, 0.2) is 48.8 Å². The number of nitrogens with one attached hydrogen (secondary N) is 1. The molecule has 1 aliphatic rings. The molecule has 0 radical (unpaired) electrons. The zero-order chi connectivity index (χ0) is 13.2. The van der Waals surface area contributed by atoms with Gasteiger partial charge in [0.2, 0.25) is 0 Å². The van der Waals surface area contributed by atoms with Crippen LogP contribution in [0.3, 0.4) is 0 Å². The Hall–Kier alpha value is -2.07. The number of benzene rings is 1. The molecule has 1 saturated carbocycles. The van der Waals surface area contributed by atoms with Crippen LogP contribution in [0.25, 0.3) is 5.69 Å². The molecule has 3 rings (SSSR count). The maximum absolute atomic E-state index is 12.0. The van der Waals surface area contributed by atoms with Crippen LogP contribution in [0.4, 0.5) is 0 Å². The van der Waals surface area contributed by atoms with Gasteiger partial charge in [-0.3, -0.25) is 4.79 Å². The van der Waals surface area contributed by atoms with Crippen LogP contribution >= 0.6 is 0 Å². The number of hydrogen-bond acceptors (Lipinski definition) is 2. The number of aliphatic hydroxyl groups excluding tert-OH is 1. The first kappa shape index (κ1) is 12.0. The molecule has 0 aliphatic heterocycles. The zero-order valence-electron chi connectivity index (χ0n) is 10.5. The van der Waals surface area contributed by atoms with Gasteiger partial charge < -0.3 is 15.0 Å². The van der Waals surface area contributed by atoms with E-state index < -0.39 is 0 Å². The third kappa shape index (κ3) is 2.53. The summed E-state index contributed by atoms with van der Waals surface area (Å²) in [5, 5.41) is 12.1. The van der Waals surface area contributed by atoms with E-state index in [9.17, 15) is 9.90 Å². The van der Waals surface area contributed by atoms with Gasteiger partial charge in [-0.15, -0.1) is 0 Å². The number of carbonyl (C=O) groups excluding carboxylic acids is 1. The molecular weight excluding hydrogens is 240 g/mol. The third-order valence-corrected chi connectivity index (χ3v) is 3.48. The SMILES string of the molecule is O=C(NC1CC(O)C1)c1ccc(-n2cccc2)cc1. The molecule has 0 atom stereocenters. The molecule has 0 unspecified atom stereocenters. The van der Waals surface area contributed by atoms with Crippen molar-refractivity contribution in [2.75, 3.05) is 0 Å². The highest BCUT2D eigenvalue weighted by Crippen LogP contribution is 2.20. The Morgan fingerprint density at radius 2 is 1.79 bits per heavy atom. The molecule has 2 aromatic rings. The smallest absolute Gasteiger partial charge is 0.251 e. The highest BCUT2D eigenvalue weighted by molar-refractivity contribution is 5.94. The second-order valence-corrected chi connectivity index (χ2v) is 4.93. The number of rotatable bonds is 3. The van der Waals surface area contributed by atoms with Crippen molar-refractivity contribution in [1.82, 2.24) is 9.88 Å². The molecule has 1 aromatic carbocycles. The number of carbonyl (C=O) groups is 1. The lowest BCUT2D eigenvalue weighted by Gasteiger charge is -2.31. The monoisotopic (exact) mass is 256 g/mol. The van der Waals surface area contributed by atoms with E-state index in [1.165, 1.54) is 0 Å². The van der Waals surface area contributed by atoms with Gasteiger partial charge in [0.15, 0.2) is 0 Å². The minimum absolute atomic E-state index is 0.0732. The van der Waals surface area contributed by atoms with Gasteiger partial charge >= 0.3 is 0 Å². The summed E-state index contributed by atoms with van der Waals surface area (Å²) in [5.74, 6) is -0.0732. The van der Waals surface area contributed by atoms with Crippen LogP contribution in [0.5, 0.6) is 0 Å². The molecule has 1 heterocycles. The fraction of sp³-hybridized carbons (Fsp3) is 0.267. The molecule has 98 valence electrons. The first-order chi connectivity index (χ1) is 9.22. The molecule has 19 heavy (non-hydrogen) atoms. The summed E-state index contributed by atoms with van der Waals surface area (Å²) in [7, 11) is 0. The molecule has 4 heteroatoms. The minimum atomic E-state index is -0.249. The molecule has 1 fully saturated rings. The summed E-state index contributed by atoms with van der Waals surface area (Å²) in [6, 6.07) is 11.5. The number of nitrogens with zero attached hydrogens (tertiary/aromatic N) is 1. The highest BCUT2D eigenvalue weighted by atomic mass is 16.3. The van der Waals surface area contributed by atoms with E-state index in [1.54, 1.807) is 0 Å². The first-order valence-corrected chi connectivity index (χ1v) is 6.45. The standard InChI is InChI=1S/C15H16N2O2/c18-14-9-12(10-14)16-15(19)11-3-5-13(6-4-11)17-7-1-2-8-17/h1-8,12,14,18H,9-10H2,(H,16,19). The van der Waals surface area contributed by atoms with E-state index >= 15 is 0 Å². The van der Waals surface area contributed by atoms with Crippen molar-refractivity contribution in [3.8, 4) is 5.69 Å². The van der Waals surface area contributed by atoms with Crippen LogP contribution in [-0.4, -0.2) is 27.7 Å². The van der Waals surface area contributed by atoms with E-state index in [-0.39, 0.29) is 18.1 Å². The Kier molecular flexibility index (Phi) is 3.09. The molecule has 1 aliphatic carbocycles. The predicted molar refractivity (Wildman–Crippen MR) is 72.3 cm³/mol. The molecule has 1 amide bonds. The van der Waals surface area contributed by atoms with Crippen molar-refractivity contribution < 1.29 is 9.90 Å². The fourth-order valence-electron chi connectivity index (χ4n) is 2.27. The Labute approximate surface area is 111 Å². The van der Waals surface area contributed by atoms with E-state index in [1.807, 2.05) is 53.4 Å². The van der Waals surface area contributed by atoms with Gasteiger partial charge in [-0.25, -0.2) is 0 Å². The molecule has 0 bridgehead atoms. The average Bonchev–Trinajstić information content (AvgIpc) is 2.91. The largest absolute Gasteiger partial charge is 0.393 e. The zero-order valence-corrected chi connectivity index (χ0v) is 10.5. The molecule has 0 spiro atoms. The van der Waals surface area contributed by atoms with E-state index in [2.05, 4.69) is 5.32 Å². The van der Waals surface area contributed by atoms with Crippen molar-refractivity contribution in [3.05, 3.63) is 54.4 Å². The lowest BCUT2D eigenvalue weighted by molar-refractivity contribution is 0.0562. The van der Waals surface area contributed by atoms with Crippen LogP contribution < -0.4 is 5.32 Å². The van der Waals surface area contributed by atoms with Crippen LogP contribution in [0, 0.1) is 0 Å². The number of hydrogen-bond donors (Lipinski definition) is 2. The maximum Gasteiger partial charge on any atom is 0.251 e. The van der Waals surface area contributed by atoms with Crippen LogP contribution in [0.2, 0.25) is 0 Å².